The molecule has 0 aromatic heterocycles. The van der Waals surface area contributed by atoms with Crippen LogP contribution in [0.25, 0.3) is 5.57 Å². The molecule has 3 aromatic rings. The van der Waals surface area contributed by atoms with Crippen molar-refractivity contribution in [1.29, 1.82) is 0 Å². The number of benzene rings is 3. The van der Waals surface area contributed by atoms with Crippen LogP contribution in [0.15, 0.2) is 78.5 Å². The second-order valence-electron chi connectivity index (χ2n) is 6.54. The zero-order chi connectivity index (χ0) is 21.3. The van der Waals surface area contributed by atoms with E-state index in [4.69, 9.17) is 16.3 Å². The first-order chi connectivity index (χ1) is 14.5. The third-order valence-corrected chi connectivity index (χ3v) is 4.88. The van der Waals surface area contributed by atoms with E-state index in [-0.39, 0.29) is 11.3 Å². The molecule has 30 heavy (non-hydrogen) atoms. The molecule has 5 nitrogen and oxygen atoms in total. The summed E-state index contributed by atoms with van der Waals surface area (Å²) in [5.74, 6) is -0.836. The zero-order valence-electron chi connectivity index (χ0n) is 15.9. The van der Waals surface area contributed by atoms with Crippen molar-refractivity contribution in [2.24, 2.45) is 0 Å². The Labute approximate surface area is 177 Å². The quantitative estimate of drug-likeness (QED) is 0.595. The molecule has 7 heteroatoms. The van der Waals surface area contributed by atoms with E-state index >= 15 is 0 Å². The van der Waals surface area contributed by atoms with Gasteiger partial charge in [0.15, 0.2) is 0 Å². The highest BCUT2D eigenvalue weighted by molar-refractivity contribution is 6.46. The van der Waals surface area contributed by atoms with Crippen molar-refractivity contribution in [1.82, 2.24) is 0 Å². The maximum absolute atomic E-state index is 13.4. The van der Waals surface area contributed by atoms with E-state index in [1.165, 1.54) is 30.3 Å². The summed E-state index contributed by atoms with van der Waals surface area (Å²) in [7, 11) is 1.56. The lowest BCUT2D eigenvalue weighted by atomic mass is 10.0. The van der Waals surface area contributed by atoms with Crippen molar-refractivity contribution < 1.29 is 18.7 Å². The van der Waals surface area contributed by atoms with Gasteiger partial charge in [0.25, 0.3) is 11.8 Å². The average Bonchev–Trinajstić information content (AvgIpc) is 2.99. The molecule has 2 amide bonds. The fourth-order valence-corrected chi connectivity index (χ4v) is 3.38. The topological polar surface area (TPSA) is 58.6 Å². The van der Waals surface area contributed by atoms with E-state index in [9.17, 15) is 14.0 Å². The summed E-state index contributed by atoms with van der Waals surface area (Å²) in [6.07, 6.45) is 0. The summed E-state index contributed by atoms with van der Waals surface area (Å²) in [5, 5.41) is 3.43. The van der Waals surface area contributed by atoms with Crippen LogP contribution in [-0.4, -0.2) is 18.9 Å². The smallest absolute Gasteiger partial charge is 0.282 e. The molecule has 1 heterocycles. The highest BCUT2D eigenvalue weighted by atomic mass is 35.5. The SMILES string of the molecule is COc1ccc(NC2=C(c3ccc(F)cc3)C(=O)N(c3cccc(Cl)c3)C2=O)cc1. The molecule has 0 radical (unpaired) electrons. The number of ether oxygens (including phenoxy) is 1. The van der Waals surface area contributed by atoms with Gasteiger partial charge in [-0.3, -0.25) is 9.59 Å². The molecule has 1 aliphatic heterocycles. The molecule has 150 valence electrons. The summed E-state index contributed by atoms with van der Waals surface area (Å²) in [6, 6.07) is 18.8. The lowest BCUT2D eigenvalue weighted by Gasteiger charge is -2.15. The predicted molar refractivity (Wildman–Crippen MR) is 114 cm³/mol. The largest absolute Gasteiger partial charge is 0.497 e. The first-order valence-corrected chi connectivity index (χ1v) is 9.41. The highest BCUT2D eigenvalue weighted by Crippen LogP contribution is 2.34. The Bertz CT molecular complexity index is 1160. The minimum Gasteiger partial charge on any atom is -0.497 e. The molecule has 1 N–H and O–H groups in total. The molecular weight excluding hydrogens is 407 g/mol. The van der Waals surface area contributed by atoms with Crippen LogP contribution in [0.2, 0.25) is 5.02 Å². The third kappa shape index (κ3) is 3.65. The number of hydrogen-bond acceptors (Lipinski definition) is 4. The number of anilines is 2. The highest BCUT2D eigenvalue weighted by Gasteiger charge is 2.40. The van der Waals surface area contributed by atoms with E-state index in [1.807, 2.05) is 0 Å². The van der Waals surface area contributed by atoms with Crippen LogP contribution >= 0.6 is 11.6 Å². The third-order valence-electron chi connectivity index (χ3n) is 4.64. The van der Waals surface area contributed by atoms with E-state index < -0.39 is 17.6 Å². The minimum absolute atomic E-state index is 0.0942. The Balaban J connectivity index is 1.80. The lowest BCUT2D eigenvalue weighted by molar-refractivity contribution is -0.120. The molecule has 0 saturated carbocycles. The average molecular weight is 423 g/mol. The normalized spacial score (nSPS) is 13.8. The number of amides is 2. The molecule has 0 atom stereocenters. The molecule has 4 rings (SSSR count). The Kier molecular flexibility index (Phi) is 5.25. The summed E-state index contributed by atoms with van der Waals surface area (Å²) in [5.41, 5.74) is 1.62. The van der Waals surface area contributed by atoms with Crippen LogP contribution in [0, 0.1) is 5.82 Å². The van der Waals surface area contributed by atoms with Gasteiger partial charge in [0.05, 0.1) is 18.4 Å². The van der Waals surface area contributed by atoms with Crippen LogP contribution in [-0.2, 0) is 9.59 Å². The molecule has 0 saturated heterocycles. The van der Waals surface area contributed by atoms with E-state index in [0.29, 0.717) is 27.7 Å². The number of nitrogens with zero attached hydrogens (tertiary/aromatic N) is 1. The van der Waals surface area contributed by atoms with Crippen LogP contribution in [0.3, 0.4) is 0 Å². The minimum atomic E-state index is -0.530. The van der Waals surface area contributed by atoms with E-state index in [1.54, 1.807) is 49.6 Å². The van der Waals surface area contributed by atoms with Gasteiger partial charge >= 0.3 is 0 Å². The molecular formula is C23H16ClFN2O3. The number of halogens is 2. The van der Waals surface area contributed by atoms with Crippen LogP contribution in [0.1, 0.15) is 5.56 Å². The maximum Gasteiger partial charge on any atom is 0.282 e. The molecule has 0 unspecified atom stereocenters. The maximum atomic E-state index is 13.4. The van der Waals surface area contributed by atoms with Gasteiger partial charge in [-0.05, 0) is 60.2 Å². The molecule has 0 fully saturated rings. The number of carbonyl (C=O) groups is 2. The van der Waals surface area contributed by atoms with Crippen molar-refractivity contribution in [3.63, 3.8) is 0 Å². The Morgan fingerprint density at radius 3 is 2.27 bits per heavy atom. The number of imide groups is 1. The van der Waals surface area contributed by atoms with Crippen LogP contribution < -0.4 is 15.0 Å². The molecule has 0 spiro atoms. The van der Waals surface area contributed by atoms with Crippen LogP contribution in [0.5, 0.6) is 5.75 Å². The van der Waals surface area contributed by atoms with E-state index in [2.05, 4.69) is 5.32 Å². The van der Waals surface area contributed by atoms with Gasteiger partial charge in [0.1, 0.15) is 17.3 Å². The van der Waals surface area contributed by atoms with Gasteiger partial charge in [0.2, 0.25) is 0 Å². The Morgan fingerprint density at radius 1 is 0.933 bits per heavy atom. The molecule has 0 aliphatic carbocycles. The summed E-state index contributed by atoms with van der Waals surface area (Å²) < 4.78 is 18.6. The first kappa shape index (κ1) is 19.7. The zero-order valence-corrected chi connectivity index (χ0v) is 16.6. The number of hydrogen-bond donors (Lipinski definition) is 1. The first-order valence-electron chi connectivity index (χ1n) is 9.03. The second kappa shape index (κ2) is 8.00. The Morgan fingerprint density at radius 2 is 1.63 bits per heavy atom. The van der Waals surface area contributed by atoms with Crippen LogP contribution in [0.4, 0.5) is 15.8 Å². The van der Waals surface area contributed by atoms with Crippen molar-refractivity contribution in [2.45, 2.75) is 0 Å². The number of rotatable bonds is 5. The summed E-state index contributed by atoms with van der Waals surface area (Å²) >= 11 is 6.05. The van der Waals surface area contributed by atoms with Crippen molar-refractivity contribution in [3.05, 3.63) is 94.9 Å². The predicted octanol–water partition coefficient (Wildman–Crippen LogP) is 4.88. The molecule has 1 aliphatic rings. The number of nitrogens with one attached hydrogen (secondary N) is 1. The molecule has 3 aromatic carbocycles. The monoisotopic (exact) mass is 422 g/mol. The lowest BCUT2D eigenvalue weighted by Crippen LogP contribution is -2.32. The fraction of sp³-hybridized carbons (Fsp3) is 0.0435. The van der Waals surface area contributed by atoms with Gasteiger partial charge in [-0.2, -0.15) is 0 Å². The standard InChI is InChI=1S/C23H16ClFN2O3/c1-30-19-11-9-17(10-12-19)26-21-20(14-5-7-16(25)8-6-14)22(28)27(23(21)29)18-4-2-3-15(24)13-18/h2-13,26H,1H3. The summed E-state index contributed by atoms with van der Waals surface area (Å²) in [4.78, 5) is 27.6. The van der Waals surface area contributed by atoms with Crippen molar-refractivity contribution >= 4 is 40.4 Å². The fourth-order valence-electron chi connectivity index (χ4n) is 3.20. The number of carbonyl (C=O) groups excluding carboxylic acids is 2. The number of methoxy groups -OCH3 is 1. The van der Waals surface area contributed by atoms with Crippen molar-refractivity contribution in [3.8, 4) is 5.75 Å². The van der Waals surface area contributed by atoms with Gasteiger partial charge in [-0.25, -0.2) is 9.29 Å². The van der Waals surface area contributed by atoms with Gasteiger partial charge in [-0.1, -0.05) is 29.8 Å². The van der Waals surface area contributed by atoms with Gasteiger partial charge in [-0.15, -0.1) is 0 Å². The molecule has 0 bridgehead atoms. The summed E-state index contributed by atoms with van der Waals surface area (Å²) in [6.45, 7) is 0. The van der Waals surface area contributed by atoms with E-state index in [0.717, 1.165) is 4.90 Å². The Hall–Kier alpha value is -3.64. The second-order valence-corrected chi connectivity index (χ2v) is 6.97. The van der Waals surface area contributed by atoms with Gasteiger partial charge in [0, 0.05) is 10.7 Å². The van der Waals surface area contributed by atoms with Gasteiger partial charge < -0.3 is 10.1 Å². The van der Waals surface area contributed by atoms with Crippen molar-refractivity contribution in [2.75, 3.05) is 17.3 Å².